The van der Waals surface area contributed by atoms with Gasteiger partial charge in [-0.2, -0.15) is 0 Å². The smallest absolute Gasteiger partial charge is 0.253 e. The van der Waals surface area contributed by atoms with Crippen molar-refractivity contribution in [1.82, 2.24) is 4.90 Å². The molecule has 23 heavy (non-hydrogen) atoms. The van der Waals surface area contributed by atoms with Gasteiger partial charge in [0.15, 0.2) is 0 Å². The lowest BCUT2D eigenvalue weighted by Crippen LogP contribution is -2.28. The quantitative estimate of drug-likeness (QED) is 0.687. The summed E-state index contributed by atoms with van der Waals surface area (Å²) in [6, 6.07) is 7.33. The zero-order valence-electron chi connectivity index (χ0n) is 14.2. The number of hydrogen-bond donors (Lipinski definition) is 0. The highest BCUT2D eigenvalue weighted by molar-refractivity contribution is 5.94. The highest BCUT2D eigenvalue weighted by atomic mass is 16.5. The van der Waals surface area contributed by atoms with E-state index in [0.717, 1.165) is 44.4 Å². The van der Waals surface area contributed by atoms with Crippen LogP contribution in [0.3, 0.4) is 0 Å². The molecule has 1 aromatic carbocycles. The van der Waals surface area contributed by atoms with Crippen molar-refractivity contribution >= 4 is 5.91 Å². The van der Waals surface area contributed by atoms with Crippen molar-refractivity contribution in [2.45, 2.75) is 38.7 Å². The third kappa shape index (κ3) is 5.71. The van der Waals surface area contributed by atoms with Crippen LogP contribution in [-0.4, -0.2) is 43.7 Å². The van der Waals surface area contributed by atoms with Gasteiger partial charge in [0.25, 0.3) is 5.91 Å². The van der Waals surface area contributed by atoms with Gasteiger partial charge in [0.1, 0.15) is 12.4 Å². The molecule has 0 radical (unpaired) electrons. The standard InChI is InChI=1S/C19H27NO3/c1-15(2)14-23-18-8-4-7-16(13-18)19(21)20(3)11-5-9-17-10-6-12-22-17/h4,7-8,13,17H,1,5-6,9-12,14H2,2-3H3/t17-/m0/s1. The fourth-order valence-corrected chi connectivity index (χ4v) is 2.68. The number of hydrogen-bond acceptors (Lipinski definition) is 3. The van der Waals surface area contributed by atoms with Crippen molar-refractivity contribution in [3.63, 3.8) is 0 Å². The third-order valence-corrected chi connectivity index (χ3v) is 3.96. The molecule has 0 bridgehead atoms. The fourth-order valence-electron chi connectivity index (χ4n) is 2.68. The maximum atomic E-state index is 12.5. The average molecular weight is 317 g/mol. The molecule has 0 aliphatic carbocycles. The SMILES string of the molecule is C=C(C)COc1cccc(C(=O)N(C)CCC[C@H]2CCCO2)c1. The lowest BCUT2D eigenvalue weighted by atomic mass is 10.1. The van der Waals surface area contributed by atoms with Gasteiger partial charge in [-0.1, -0.05) is 12.6 Å². The van der Waals surface area contributed by atoms with Gasteiger partial charge in [0.2, 0.25) is 0 Å². The van der Waals surface area contributed by atoms with Crippen LogP contribution in [0.5, 0.6) is 5.75 Å². The number of amides is 1. The van der Waals surface area contributed by atoms with E-state index in [2.05, 4.69) is 6.58 Å². The van der Waals surface area contributed by atoms with Crippen LogP contribution in [0.1, 0.15) is 43.0 Å². The van der Waals surface area contributed by atoms with E-state index >= 15 is 0 Å². The highest BCUT2D eigenvalue weighted by Gasteiger charge is 2.17. The first-order valence-electron chi connectivity index (χ1n) is 8.30. The van der Waals surface area contributed by atoms with Crippen LogP contribution in [-0.2, 0) is 4.74 Å². The first-order valence-corrected chi connectivity index (χ1v) is 8.30. The molecular formula is C19H27NO3. The Morgan fingerprint density at radius 1 is 1.48 bits per heavy atom. The van der Waals surface area contributed by atoms with Crippen LogP contribution >= 0.6 is 0 Å². The minimum absolute atomic E-state index is 0.0260. The lowest BCUT2D eigenvalue weighted by molar-refractivity contribution is 0.0763. The number of benzene rings is 1. The van der Waals surface area contributed by atoms with Gasteiger partial charge in [-0.25, -0.2) is 0 Å². The van der Waals surface area contributed by atoms with Crippen molar-refractivity contribution in [3.8, 4) is 5.75 Å². The predicted molar refractivity (Wildman–Crippen MR) is 91.9 cm³/mol. The lowest BCUT2D eigenvalue weighted by Gasteiger charge is -2.18. The Hall–Kier alpha value is -1.81. The number of rotatable bonds is 8. The van der Waals surface area contributed by atoms with Gasteiger partial charge in [-0.05, 0) is 56.4 Å². The summed E-state index contributed by atoms with van der Waals surface area (Å²) in [5.74, 6) is 0.727. The molecule has 2 rings (SSSR count). The molecular weight excluding hydrogens is 290 g/mol. The Bertz CT molecular complexity index is 535. The number of carbonyl (C=O) groups is 1. The molecule has 0 saturated carbocycles. The average Bonchev–Trinajstić information content (AvgIpc) is 3.05. The first-order chi connectivity index (χ1) is 11.1. The molecule has 1 aromatic rings. The molecule has 0 unspecified atom stereocenters. The van der Waals surface area contributed by atoms with Gasteiger partial charge in [0.05, 0.1) is 6.10 Å². The third-order valence-electron chi connectivity index (χ3n) is 3.96. The van der Waals surface area contributed by atoms with E-state index in [9.17, 15) is 4.79 Å². The van der Waals surface area contributed by atoms with Gasteiger partial charge >= 0.3 is 0 Å². The Morgan fingerprint density at radius 2 is 2.30 bits per heavy atom. The summed E-state index contributed by atoms with van der Waals surface area (Å²) in [6.45, 7) is 7.82. The van der Waals surface area contributed by atoms with Crippen LogP contribution < -0.4 is 4.74 Å². The minimum atomic E-state index is 0.0260. The maximum absolute atomic E-state index is 12.5. The van der Waals surface area contributed by atoms with E-state index in [-0.39, 0.29) is 5.91 Å². The van der Waals surface area contributed by atoms with Gasteiger partial charge in [0, 0.05) is 25.8 Å². The maximum Gasteiger partial charge on any atom is 0.253 e. The summed E-state index contributed by atoms with van der Waals surface area (Å²) >= 11 is 0. The summed E-state index contributed by atoms with van der Waals surface area (Å²) in [4.78, 5) is 14.3. The number of nitrogens with zero attached hydrogens (tertiary/aromatic N) is 1. The Morgan fingerprint density at radius 3 is 3.00 bits per heavy atom. The predicted octanol–water partition coefficient (Wildman–Crippen LogP) is 3.67. The van der Waals surface area contributed by atoms with Crippen LogP contribution in [0.2, 0.25) is 0 Å². The van der Waals surface area contributed by atoms with E-state index in [0.29, 0.717) is 24.0 Å². The Balaban J connectivity index is 1.83. The summed E-state index contributed by atoms with van der Waals surface area (Å²) in [6.07, 6.45) is 4.70. The van der Waals surface area contributed by atoms with Gasteiger partial charge in [-0.3, -0.25) is 4.79 Å². The fraction of sp³-hybridized carbons (Fsp3) is 0.526. The Kier molecular flexibility index (Phi) is 6.66. The van der Waals surface area contributed by atoms with E-state index in [1.54, 1.807) is 11.0 Å². The van der Waals surface area contributed by atoms with Crippen molar-refractivity contribution in [1.29, 1.82) is 0 Å². The molecule has 1 amide bonds. The molecule has 126 valence electrons. The molecule has 1 atom stereocenters. The van der Waals surface area contributed by atoms with Crippen LogP contribution in [0, 0.1) is 0 Å². The molecule has 0 aromatic heterocycles. The van der Waals surface area contributed by atoms with Gasteiger partial charge < -0.3 is 14.4 Å². The monoisotopic (exact) mass is 317 g/mol. The van der Waals surface area contributed by atoms with E-state index in [4.69, 9.17) is 9.47 Å². The van der Waals surface area contributed by atoms with Crippen LogP contribution in [0.25, 0.3) is 0 Å². The first kappa shape index (κ1) is 17.5. The Labute approximate surface area is 139 Å². The molecule has 1 fully saturated rings. The second kappa shape index (κ2) is 8.73. The largest absolute Gasteiger partial charge is 0.489 e. The van der Waals surface area contributed by atoms with E-state index < -0.39 is 0 Å². The highest BCUT2D eigenvalue weighted by Crippen LogP contribution is 2.18. The minimum Gasteiger partial charge on any atom is -0.489 e. The molecule has 1 aliphatic heterocycles. The topological polar surface area (TPSA) is 38.8 Å². The number of ether oxygens (including phenoxy) is 2. The van der Waals surface area contributed by atoms with Gasteiger partial charge in [-0.15, -0.1) is 0 Å². The zero-order chi connectivity index (χ0) is 16.7. The molecule has 1 heterocycles. The summed E-state index contributed by atoms with van der Waals surface area (Å²) in [5.41, 5.74) is 1.61. The van der Waals surface area contributed by atoms with E-state index in [1.165, 1.54) is 0 Å². The molecule has 4 nitrogen and oxygen atoms in total. The van der Waals surface area contributed by atoms with Crippen molar-refractivity contribution in [2.24, 2.45) is 0 Å². The normalized spacial score (nSPS) is 17.0. The van der Waals surface area contributed by atoms with Crippen LogP contribution in [0.4, 0.5) is 0 Å². The van der Waals surface area contributed by atoms with Crippen molar-refractivity contribution < 1.29 is 14.3 Å². The van der Waals surface area contributed by atoms with E-state index in [1.807, 2.05) is 32.2 Å². The second-order valence-corrected chi connectivity index (χ2v) is 6.28. The van der Waals surface area contributed by atoms with Crippen molar-refractivity contribution in [3.05, 3.63) is 42.0 Å². The van der Waals surface area contributed by atoms with Crippen LogP contribution in [0.15, 0.2) is 36.4 Å². The summed E-state index contributed by atoms with van der Waals surface area (Å²) in [5, 5.41) is 0. The molecule has 1 aliphatic rings. The summed E-state index contributed by atoms with van der Waals surface area (Å²) < 4.78 is 11.2. The number of carbonyl (C=O) groups excluding carboxylic acids is 1. The molecule has 0 N–H and O–H groups in total. The molecule has 4 heteroatoms. The second-order valence-electron chi connectivity index (χ2n) is 6.28. The molecule has 0 spiro atoms. The molecule has 1 saturated heterocycles. The van der Waals surface area contributed by atoms with Crippen molar-refractivity contribution in [2.75, 3.05) is 26.8 Å². The zero-order valence-corrected chi connectivity index (χ0v) is 14.2. The summed E-state index contributed by atoms with van der Waals surface area (Å²) in [7, 11) is 1.85.